The summed E-state index contributed by atoms with van der Waals surface area (Å²) in [5.74, 6) is 0.481. The number of halogens is 1. The Morgan fingerprint density at radius 1 is 1.16 bits per heavy atom. The summed E-state index contributed by atoms with van der Waals surface area (Å²) >= 11 is 7.59. The fourth-order valence-corrected chi connectivity index (χ4v) is 2.85. The van der Waals surface area contributed by atoms with Gasteiger partial charge in [-0.3, -0.25) is 4.79 Å². The van der Waals surface area contributed by atoms with Gasteiger partial charge in [-0.05, 0) is 55.1 Å². The number of nitrogens with one attached hydrogen (secondary N) is 1. The predicted molar refractivity (Wildman–Crippen MR) is 100 cm³/mol. The number of aromatic nitrogens is 3. The van der Waals surface area contributed by atoms with E-state index in [-0.39, 0.29) is 11.7 Å². The minimum atomic E-state index is -0.301. The smallest absolute Gasteiger partial charge is 0.291 e. The predicted octanol–water partition coefficient (Wildman–Crippen LogP) is 3.88. The largest absolute Gasteiger partial charge is 0.345 e. The number of aryl methyl sites for hydroxylation is 1. The Labute approximate surface area is 155 Å². The summed E-state index contributed by atoms with van der Waals surface area (Å²) in [7, 11) is 0. The number of rotatable bonds is 5. The van der Waals surface area contributed by atoms with Crippen LogP contribution in [0.2, 0.25) is 5.02 Å². The van der Waals surface area contributed by atoms with Crippen LogP contribution in [0.1, 0.15) is 22.0 Å². The average Bonchev–Trinajstić information content (AvgIpc) is 3.02. The molecule has 5 nitrogen and oxygen atoms in total. The van der Waals surface area contributed by atoms with Gasteiger partial charge in [-0.2, -0.15) is 0 Å². The highest BCUT2D eigenvalue weighted by atomic mass is 35.5. The van der Waals surface area contributed by atoms with Crippen molar-refractivity contribution in [3.8, 4) is 5.69 Å². The number of carbonyl (C=O) groups excluding carboxylic acids is 1. The van der Waals surface area contributed by atoms with Crippen LogP contribution in [0.3, 0.4) is 0 Å². The van der Waals surface area contributed by atoms with E-state index in [0.29, 0.717) is 17.4 Å². The fourth-order valence-electron chi connectivity index (χ4n) is 2.32. The summed E-state index contributed by atoms with van der Waals surface area (Å²) in [6.45, 7) is 2.24. The van der Waals surface area contributed by atoms with Gasteiger partial charge in [0.2, 0.25) is 5.82 Å². The van der Waals surface area contributed by atoms with E-state index in [2.05, 4.69) is 15.4 Å². The minimum absolute atomic E-state index is 0.146. The molecule has 0 aliphatic carbocycles. The van der Waals surface area contributed by atoms with Crippen molar-refractivity contribution in [3.63, 3.8) is 0 Å². The number of hydrogen-bond donors (Lipinski definition) is 1. The topological polar surface area (TPSA) is 59.8 Å². The van der Waals surface area contributed by atoms with Gasteiger partial charge >= 0.3 is 0 Å². The molecule has 1 amide bonds. The maximum Gasteiger partial charge on any atom is 0.291 e. The number of hydrogen-bond acceptors (Lipinski definition) is 4. The Hall–Kier alpha value is -2.31. The van der Waals surface area contributed by atoms with Gasteiger partial charge in [0.05, 0.1) is 5.69 Å². The van der Waals surface area contributed by atoms with E-state index in [1.807, 2.05) is 42.7 Å². The summed E-state index contributed by atoms with van der Waals surface area (Å²) < 4.78 is 1.62. The molecule has 3 aromatic rings. The van der Waals surface area contributed by atoms with Gasteiger partial charge in [0.15, 0.2) is 0 Å². The molecule has 0 radical (unpaired) electrons. The highest BCUT2D eigenvalue weighted by Crippen LogP contribution is 2.15. The summed E-state index contributed by atoms with van der Waals surface area (Å²) in [5.41, 5.74) is 1.83. The molecule has 1 heterocycles. The van der Waals surface area contributed by atoms with Gasteiger partial charge in [0, 0.05) is 16.5 Å². The average molecular weight is 373 g/mol. The van der Waals surface area contributed by atoms with Crippen LogP contribution in [0.15, 0.2) is 53.4 Å². The third-order valence-electron chi connectivity index (χ3n) is 3.66. The van der Waals surface area contributed by atoms with Crippen LogP contribution in [0.4, 0.5) is 0 Å². The number of benzene rings is 2. The van der Waals surface area contributed by atoms with Crippen molar-refractivity contribution >= 4 is 29.3 Å². The van der Waals surface area contributed by atoms with Gasteiger partial charge < -0.3 is 5.32 Å². The Morgan fingerprint density at radius 2 is 1.84 bits per heavy atom. The monoisotopic (exact) mass is 372 g/mol. The van der Waals surface area contributed by atoms with E-state index in [0.717, 1.165) is 11.3 Å². The lowest BCUT2D eigenvalue weighted by Crippen LogP contribution is -2.24. The Bertz CT molecular complexity index is 875. The Balaban J connectivity index is 1.70. The quantitative estimate of drug-likeness (QED) is 0.690. The van der Waals surface area contributed by atoms with Crippen LogP contribution >= 0.6 is 23.4 Å². The molecule has 0 bridgehead atoms. The van der Waals surface area contributed by atoms with E-state index in [1.165, 1.54) is 4.90 Å². The van der Waals surface area contributed by atoms with Crippen molar-refractivity contribution in [1.29, 1.82) is 0 Å². The molecule has 2 aromatic carbocycles. The van der Waals surface area contributed by atoms with Gasteiger partial charge in [-0.15, -0.1) is 16.9 Å². The van der Waals surface area contributed by atoms with Crippen LogP contribution in [-0.4, -0.2) is 26.9 Å². The SMILES string of the molecule is CSc1ccc(CNC(=O)c2nc(C)n(-c3ccc(Cl)cc3)n2)cc1. The van der Waals surface area contributed by atoms with Crippen molar-refractivity contribution in [3.05, 3.63) is 70.8 Å². The van der Waals surface area contributed by atoms with E-state index >= 15 is 0 Å². The molecule has 7 heteroatoms. The van der Waals surface area contributed by atoms with E-state index in [1.54, 1.807) is 35.5 Å². The highest BCUT2D eigenvalue weighted by Gasteiger charge is 2.15. The van der Waals surface area contributed by atoms with Crippen LogP contribution in [0.25, 0.3) is 5.69 Å². The third kappa shape index (κ3) is 4.21. The molecule has 0 atom stereocenters. The standard InChI is InChI=1S/C18H17ClN4OS/c1-12-21-17(22-23(12)15-7-5-14(19)6-8-15)18(24)20-11-13-3-9-16(25-2)10-4-13/h3-10H,11H2,1-2H3,(H,20,24). The minimum Gasteiger partial charge on any atom is -0.345 e. The van der Waals surface area contributed by atoms with E-state index in [9.17, 15) is 4.79 Å². The van der Waals surface area contributed by atoms with Crippen LogP contribution in [0, 0.1) is 6.92 Å². The summed E-state index contributed by atoms with van der Waals surface area (Å²) in [6, 6.07) is 15.3. The lowest BCUT2D eigenvalue weighted by molar-refractivity contribution is 0.0940. The molecule has 1 aromatic heterocycles. The molecular formula is C18H17ClN4OS. The van der Waals surface area contributed by atoms with Gasteiger partial charge in [-0.1, -0.05) is 23.7 Å². The molecule has 0 aliphatic heterocycles. The van der Waals surface area contributed by atoms with Crippen LogP contribution in [-0.2, 0) is 6.54 Å². The molecule has 0 saturated carbocycles. The zero-order valence-electron chi connectivity index (χ0n) is 13.9. The Kier molecular flexibility index (Phi) is 5.40. The lowest BCUT2D eigenvalue weighted by Gasteiger charge is -2.04. The first-order chi connectivity index (χ1) is 12.1. The number of carbonyl (C=O) groups is 1. The first-order valence-electron chi connectivity index (χ1n) is 7.67. The summed E-state index contributed by atoms with van der Waals surface area (Å²) in [6.07, 6.45) is 2.03. The maximum atomic E-state index is 12.3. The van der Waals surface area contributed by atoms with Crippen molar-refractivity contribution in [2.75, 3.05) is 6.26 Å². The molecule has 0 aliphatic rings. The van der Waals surface area contributed by atoms with Crippen LogP contribution < -0.4 is 5.32 Å². The number of thioether (sulfide) groups is 1. The van der Waals surface area contributed by atoms with Crippen molar-refractivity contribution in [1.82, 2.24) is 20.1 Å². The second kappa shape index (κ2) is 7.72. The fraction of sp³-hybridized carbons (Fsp3) is 0.167. The second-order valence-corrected chi connectivity index (χ2v) is 6.72. The van der Waals surface area contributed by atoms with Gasteiger partial charge in [0.25, 0.3) is 5.91 Å². The van der Waals surface area contributed by atoms with Crippen molar-refractivity contribution in [2.45, 2.75) is 18.4 Å². The molecule has 0 spiro atoms. The summed E-state index contributed by atoms with van der Waals surface area (Å²) in [5, 5.41) is 7.79. The van der Waals surface area contributed by atoms with Crippen molar-refractivity contribution in [2.24, 2.45) is 0 Å². The molecule has 0 saturated heterocycles. The molecule has 1 N–H and O–H groups in total. The van der Waals surface area contributed by atoms with E-state index in [4.69, 9.17) is 11.6 Å². The van der Waals surface area contributed by atoms with Gasteiger partial charge in [0.1, 0.15) is 5.82 Å². The zero-order valence-corrected chi connectivity index (χ0v) is 15.4. The van der Waals surface area contributed by atoms with Crippen molar-refractivity contribution < 1.29 is 4.79 Å². The highest BCUT2D eigenvalue weighted by molar-refractivity contribution is 7.98. The molecular weight excluding hydrogens is 356 g/mol. The van der Waals surface area contributed by atoms with Gasteiger partial charge in [-0.25, -0.2) is 9.67 Å². The molecule has 128 valence electrons. The zero-order chi connectivity index (χ0) is 17.8. The third-order valence-corrected chi connectivity index (χ3v) is 4.65. The lowest BCUT2D eigenvalue weighted by atomic mass is 10.2. The summed E-state index contributed by atoms with van der Waals surface area (Å²) in [4.78, 5) is 17.8. The Morgan fingerprint density at radius 3 is 2.48 bits per heavy atom. The number of amides is 1. The molecule has 25 heavy (non-hydrogen) atoms. The molecule has 0 unspecified atom stereocenters. The normalized spacial score (nSPS) is 10.7. The molecule has 3 rings (SSSR count). The van der Waals surface area contributed by atoms with Crippen LogP contribution in [0.5, 0.6) is 0 Å². The maximum absolute atomic E-state index is 12.3. The second-order valence-electron chi connectivity index (χ2n) is 5.40. The first-order valence-corrected chi connectivity index (χ1v) is 9.28. The number of nitrogens with zero attached hydrogens (tertiary/aromatic N) is 3. The first kappa shape index (κ1) is 17.5. The van der Waals surface area contributed by atoms with E-state index < -0.39 is 0 Å². The molecule has 0 fully saturated rings.